The van der Waals surface area contributed by atoms with Gasteiger partial charge in [0.15, 0.2) is 5.82 Å². The minimum Gasteiger partial charge on any atom is -0.465 e. The van der Waals surface area contributed by atoms with Gasteiger partial charge in [0.05, 0.1) is 11.0 Å². The monoisotopic (exact) mass is 361 g/mol. The predicted octanol–water partition coefficient (Wildman–Crippen LogP) is 2.82. The number of anilines is 2. The number of carboxylic acid groups (broad SMARTS) is 1. The molecule has 0 saturated carbocycles. The van der Waals surface area contributed by atoms with Gasteiger partial charge in [0.1, 0.15) is 5.52 Å². The first-order valence-corrected chi connectivity index (χ1v) is 7.61. The Labute approximate surface area is 133 Å². The molecule has 8 heteroatoms. The smallest absolute Gasteiger partial charge is 0.414 e. The first-order valence-electron chi connectivity index (χ1n) is 6.81. The van der Waals surface area contributed by atoms with Crippen LogP contribution in [0.15, 0.2) is 22.7 Å². The Balaban J connectivity index is 2.13. The summed E-state index contributed by atoms with van der Waals surface area (Å²) < 4.78 is 2.83. The summed E-state index contributed by atoms with van der Waals surface area (Å²) in [6, 6.07) is 5.77. The molecule has 2 aromatic heterocycles. The Morgan fingerprint density at radius 3 is 2.91 bits per heavy atom. The maximum Gasteiger partial charge on any atom is 0.414 e. The highest BCUT2D eigenvalue weighted by Gasteiger charge is 2.27. The number of fused-ring (bicyclic) bond motifs is 5. The lowest BCUT2D eigenvalue weighted by Crippen LogP contribution is -2.36. The van der Waals surface area contributed by atoms with E-state index in [0.717, 1.165) is 27.3 Å². The van der Waals surface area contributed by atoms with Gasteiger partial charge >= 0.3 is 6.09 Å². The Morgan fingerprint density at radius 2 is 2.14 bits per heavy atom. The number of halogens is 1. The van der Waals surface area contributed by atoms with E-state index in [1.165, 1.54) is 4.90 Å². The molecule has 22 heavy (non-hydrogen) atoms. The standard InChI is InChI=1S/C14H12BrN5O2/c15-7-2-3-8-9(6-7)17-12(16)10-11(8)19-4-1-5-20(14(21)22)13(19)18-10/h2-3,6H,1,4-5H2,(H2,16,17)(H,21,22). The first-order chi connectivity index (χ1) is 10.6. The molecular formula is C14H12BrN5O2. The zero-order valence-electron chi connectivity index (χ0n) is 11.5. The van der Waals surface area contributed by atoms with Gasteiger partial charge in [0.25, 0.3) is 0 Å². The number of nitrogen functional groups attached to an aromatic ring is 1. The number of hydrogen-bond donors (Lipinski definition) is 2. The number of hydrogen-bond acceptors (Lipinski definition) is 4. The van der Waals surface area contributed by atoms with Crippen LogP contribution in [0.25, 0.3) is 21.9 Å². The van der Waals surface area contributed by atoms with E-state index in [1.807, 2.05) is 22.8 Å². The summed E-state index contributed by atoms with van der Waals surface area (Å²) in [5, 5.41) is 10.3. The molecule has 0 spiro atoms. The van der Waals surface area contributed by atoms with Crippen molar-refractivity contribution in [3.63, 3.8) is 0 Å². The van der Waals surface area contributed by atoms with Crippen LogP contribution in [0.2, 0.25) is 0 Å². The Bertz CT molecular complexity index is 936. The summed E-state index contributed by atoms with van der Waals surface area (Å²) in [6.07, 6.45) is -0.264. The molecule has 0 bridgehead atoms. The van der Waals surface area contributed by atoms with Crippen molar-refractivity contribution >= 4 is 55.7 Å². The number of nitrogens with two attached hydrogens (primary N) is 1. The van der Waals surface area contributed by atoms with Gasteiger partial charge in [-0.05, 0) is 24.6 Å². The van der Waals surface area contributed by atoms with Crippen LogP contribution < -0.4 is 10.6 Å². The van der Waals surface area contributed by atoms with Gasteiger partial charge < -0.3 is 15.4 Å². The second-order valence-corrected chi connectivity index (χ2v) is 6.12. The van der Waals surface area contributed by atoms with Gasteiger partial charge in [-0.3, -0.25) is 0 Å². The summed E-state index contributed by atoms with van der Waals surface area (Å²) in [6.45, 7) is 1.15. The van der Waals surface area contributed by atoms with Gasteiger partial charge in [-0.2, -0.15) is 0 Å². The van der Waals surface area contributed by atoms with Crippen molar-refractivity contribution in [1.82, 2.24) is 14.5 Å². The molecule has 0 unspecified atom stereocenters. The molecule has 0 fully saturated rings. The molecule has 3 heterocycles. The Kier molecular flexibility index (Phi) is 2.77. The highest BCUT2D eigenvalue weighted by molar-refractivity contribution is 9.10. The molecule has 1 aliphatic heterocycles. The van der Waals surface area contributed by atoms with E-state index >= 15 is 0 Å². The Hall–Kier alpha value is -2.35. The van der Waals surface area contributed by atoms with Gasteiger partial charge in [0, 0.05) is 22.9 Å². The van der Waals surface area contributed by atoms with E-state index in [2.05, 4.69) is 25.9 Å². The normalized spacial score (nSPS) is 14.5. The van der Waals surface area contributed by atoms with Crippen LogP contribution in [0.4, 0.5) is 16.6 Å². The number of amides is 1. The number of imidazole rings is 1. The van der Waals surface area contributed by atoms with Crippen LogP contribution in [0.3, 0.4) is 0 Å². The SMILES string of the molecule is Nc1nc2cc(Br)ccc2c2c1nc1n2CCCN1C(=O)O. The largest absolute Gasteiger partial charge is 0.465 e. The fraction of sp³-hybridized carbons (Fsp3) is 0.214. The Morgan fingerprint density at radius 1 is 1.32 bits per heavy atom. The summed E-state index contributed by atoms with van der Waals surface area (Å²) in [4.78, 5) is 21.5. The summed E-state index contributed by atoms with van der Waals surface area (Å²) in [5.74, 6) is 0.727. The van der Waals surface area contributed by atoms with Gasteiger partial charge in [-0.25, -0.2) is 19.7 Å². The molecule has 4 rings (SSSR count). The molecular weight excluding hydrogens is 350 g/mol. The molecule has 7 nitrogen and oxygen atoms in total. The number of pyridine rings is 1. The average molecular weight is 362 g/mol. The number of rotatable bonds is 0. The topological polar surface area (TPSA) is 97.3 Å². The van der Waals surface area contributed by atoms with Gasteiger partial charge in [0.2, 0.25) is 5.95 Å². The van der Waals surface area contributed by atoms with E-state index < -0.39 is 6.09 Å². The highest BCUT2D eigenvalue weighted by Crippen LogP contribution is 2.34. The van der Waals surface area contributed by atoms with E-state index in [9.17, 15) is 9.90 Å². The average Bonchev–Trinajstić information content (AvgIpc) is 2.87. The van der Waals surface area contributed by atoms with Gasteiger partial charge in [-0.1, -0.05) is 15.9 Å². The molecule has 0 aliphatic carbocycles. The molecule has 1 aliphatic rings. The third-order valence-corrected chi connectivity index (χ3v) is 4.37. The van der Waals surface area contributed by atoms with Crippen LogP contribution in [0.1, 0.15) is 6.42 Å². The summed E-state index contributed by atoms with van der Waals surface area (Å²) in [5.41, 5.74) is 8.19. The maximum absolute atomic E-state index is 11.4. The van der Waals surface area contributed by atoms with Crippen LogP contribution in [-0.2, 0) is 6.54 Å². The number of aromatic nitrogens is 3. The van der Waals surface area contributed by atoms with E-state index in [4.69, 9.17) is 5.73 Å². The van der Waals surface area contributed by atoms with E-state index in [-0.39, 0.29) is 0 Å². The molecule has 3 aromatic rings. The summed E-state index contributed by atoms with van der Waals surface area (Å²) in [7, 11) is 0. The van der Waals surface area contributed by atoms with E-state index in [1.54, 1.807) is 0 Å². The molecule has 3 N–H and O–H groups in total. The van der Waals surface area contributed by atoms with Crippen molar-refractivity contribution in [2.75, 3.05) is 17.2 Å². The van der Waals surface area contributed by atoms with Gasteiger partial charge in [-0.15, -0.1) is 0 Å². The number of carbonyl (C=O) groups is 1. The van der Waals surface area contributed by atoms with Crippen molar-refractivity contribution < 1.29 is 9.90 Å². The van der Waals surface area contributed by atoms with Crippen molar-refractivity contribution in [3.05, 3.63) is 22.7 Å². The highest BCUT2D eigenvalue weighted by atomic mass is 79.9. The van der Waals surface area contributed by atoms with Crippen molar-refractivity contribution in [2.45, 2.75) is 13.0 Å². The lowest BCUT2D eigenvalue weighted by Gasteiger charge is -2.24. The van der Waals surface area contributed by atoms with Crippen LogP contribution in [-0.4, -0.2) is 32.3 Å². The third-order valence-electron chi connectivity index (χ3n) is 3.88. The molecule has 0 radical (unpaired) electrons. The first kappa shape index (κ1) is 13.3. The van der Waals surface area contributed by atoms with Crippen LogP contribution in [0.5, 0.6) is 0 Å². The molecule has 112 valence electrons. The maximum atomic E-state index is 11.4. The molecule has 1 aromatic carbocycles. The van der Waals surface area contributed by atoms with Crippen LogP contribution in [0, 0.1) is 0 Å². The number of nitrogens with zero attached hydrogens (tertiary/aromatic N) is 4. The fourth-order valence-electron chi connectivity index (χ4n) is 2.96. The van der Waals surface area contributed by atoms with E-state index in [0.29, 0.717) is 30.4 Å². The zero-order chi connectivity index (χ0) is 15.4. The second-order valence-electron chi connectivity index (χ2n) is 5.21. The number of aryl methyl sites for hydroxylation is 1. The lowest BCUT2D eigenvalue weighted by molar-refractivity contribution is 0.200. The fourth-order valence-corrected chi connectivity index (χ4v) is 3.31. The van der Waals surface area contributed by atoms with Crippen LogP contribution >= 0.6 is 15.9 Å². The lowest BCUT2D eigenvalue weighted by atomic mass is 10.2. The molecule has 0 atom stereocenters. The quantitative estimate of drug-likeness (QED) is 0.641. The minimum absolute atomic E-state index is 0.313. The zero-order valence-corrected chi connectivity index (χ0v) is 13.0. The molecule has 1 amide bonds. The van der Waals surface area contributed by atoms with Crippen molar-refractivity contribution in [2.24, 2.45) is 0 Å². The summed E-state index contributed by atoms with van der Waals surface area (Å²) >= 11 is 3.43. The third kappa shape index (κ3) is 1.77. The minimum atomic E-state index is -1.00. The predicted molar refractivity (Wildman–Crippen MR) is 87.1 cm³/mol. The number of benzene rings is 1. The second kappa shape index (κ2) is 4.57. The molecule has 0 saturated heterocycles. The van der Waals surface area contributed by atoms with Crippen molar-refractivity contribution in [1.29, 1.82) is 0 Å². The van der Waals surface area contributed by atoms with Crippen molar-refractivity contribution in [3.8, 4) is 0 Å².